The van der Waals surface area contributed by atoms with E-state index in [-0.39, 0.29) is 12.0 Å². The van der Waals surface area contributed by atoms with Crippen LogP contribution < -0.4 is 4.90 Å². The standard InChI is InChI=1S/C19H29N3O2/c1-15(23)16-8-12-22(13-9-16)19(24)17-6-7-18(20-14-17)21-10-4-2-3-5-11-21/h6-7,14-16,23H,2-5,8-13H2,1H3. The minimum absolute atomic E-state index is 0.0639. The minimum atomic E-state index is -0.281. The van der Waals surface area contributed by atoms with Crippen LogP contribution in [0.2, 0.25) is 0 Å². The molecule has 5 heteroatoms. The quantitative estimate of drug-likeness (QED) is 0.925. The van der Waals surface area contributed by atoms with Crippen LogP contribution in [0.25, 0.3) is 0 Å². The molecule has 2 fully saturated rings. The van der Waals surface area contributed by atoms with Crippen LogP contribution in [0.4, 0.5) is 5.82 Å². The number of amides is 1. The zero-order chi connectivity index (χ0) is 16.9. The SMILES string of the molecule is CC(O)C1CCN(C(=O)c2ccc(N3CCCCCC3)nc2)CC1. The maximum Gasteiger partial charge on any atom is 0.255 e. The summed E-state index contributed by atoms with van der Waals surface area (Å²) in [5.41, 5.74) is 0.670. The molecule has 0 spiro atoms. The highest BCUT2D eigenvalue weighted by molar-refractivity contribution is 5.94. The lowest BCUT2D eigenvalue weighted by Crippen LogP contribution is -2.40. The van der Waals surface area contributed by atoms with Gasteiger partial charge in [-0.25, -0.2) is 4.98 Å². The lowest BCUT2D eigenvalue weighted by atomic mass is 9.92. The molecule has 0 saturated carbocycles. The third-order valence-corrected chi connectivity index (χ3v) is 5.43. The Balaban J connectivity index is 1.60. The second-order valence-corrected chi connectivity index (χ2v) is 7.18. The summed E-state index contributed by atoms with van der Waals surface area (Å²) in [6.07, 6.45) is 8.25. The summed E-state index contributed by atoms with van der Waals surface area (Å²) in [6.45, 7) is 5.42. The number of rotatable bonds is 3. The third-order valence-electron chi connectivity index (χ3n) is 5.43. The molecule has 0 aromatic carbocycles. The molecular weight excluding hydrogens is 302 g/mol. The molecule has 0 radical (unpaired) electrons. The smallest absolute Gasteiger partial charge is 0.255 e. The lowest BCUT2D eigenvalue weighted by Gasteiger charge is -2.33. The third kappa shape index (κ3) is 4.07. The molecule has 0 aliphatic carbocycles. The molecule has 2 saturated heterocycles. The summed E-state index contributed by atoms with van der Waals surface area (Å²) >= 11 is 0. The van der Waals surface area contributed by atoms with E-state index in [1.807, 2.05) is 24.0 Å². The summed E-state index contributed by atoms with van der Waals surface area (Å²) in [4.78, 5) is 21.4. The van der Waals surface area contributed by atoms with E-state index in [0.29, 0.717) is 11.5 Å². The highest BCUT2D eigenvalue weighted by Crippen LogP contribution is 2.22. The molecule has 132 valence electrons. The fourth-order valence-electron chi connectivity index (χ4n) is 3.77. The van der Waals surface area contributed by atoms with Crippen molar-refractivity contribution >= 4 is 11.7 Å². The molecular formula is C19H29N3O2. The summed E-state index contributed by atoms with van der Waals surface area (Å²) < 4.78 is 0. The van der Waals surface area contributed by atoms with E-state index in [4.69, 9.17) is 0 Å². The van der Waals surface area contributed by atoms with Crippen molar-refractivity contribution in [2.24, 2.45) is 5.92 Å². The van der Waals surface area contributed by atoms with Gasteiger partial charge in [0.1, 0.15) is 5.82 Å². The first-order valence-corrected chi connectivity index (χ1v) is 9.33. The van der Waals surface area contributed by atoms with Crippen molar-refractivity contribution in [2.75, 3.05) is 31.1 Å². The number of piperidine rings is 1. The van der Waals surface area contributed by atoms with E-state index >= 15 is 0 Å². The van der Waals surface area contributed by atoms with Crippen molar-refractivity contribution in [3.63, 3.8) is 0 Å². The number of aliphatic hydroxyl groups is 1. The number of carbonyl (C=O) groups excluding carboxylic acids is 1. The number of pyridine rings is 1. The van der Waals surface area contributed by atoms with Gasteiger partial charge in [0.25, 0.3) is 5.91 Å². The van der Waals surface area contributed by atoms with Crippen LogP contribution in [0.15, 0.2) is 18.3 Å². The van der Waals surface area contributed by atoms with E-state index in [2.05, 4.69) is 9.88 Å². The van der Waals surface area contributed by atoms with Crippen LogP contribution in [-0.4, -0.2) is 53.2 Å². The van der Waals surface area contributed by atoms with Gasteiger partial charge < -0.3 is 14.9 Å². The number of carbonyl (C=O) groups is 1. The molecule has 1 atom stereocenters. The summed E-state index contributed by atoms with van der Waals surface area (Å²) in [5.74, 6) is 1.37. The van der Waals surface area contributed by atoms with E-state index in [1.54, 1.807) is 6.20 Å². The molecule has 1 aromatic rings. The number of hydrogen-bond donors (Lipinski definition) is 1. The Morgan fingerprint density at radius 2 is 1.79 bits per heavy atom. The number of anilines is 1. The molecule has 5 nitrogen and oxygen atoms in total. The van der Waals surface area contributed by atoms with Gasteiger partial charge in [-0.1, -0.05) is 12.8 Å². The number of aromatic nitrogens is 1. The number of hydrogen-bond acceptors (Lipinski definition) is 4. The topological polar surface area (TPSA) is 56.7 Å². The molecule has 0 bridgehead atoms. The molecule has 3 heterocycles. The second kappa shape index (κ2) is 7.97. The Labute approximate surface area is 144 Å². The molecule has 2 aliphatic heterocycles. The predicted molar refractivity (Wildman–Crippen MR) is 95.2 cm³/mol. The van der Waals surface area contributed by atoms with Crippen LogP contribution in [0.1, 0.15) is 55.8 Å². The Hall–Kier alpha value is -1.62. The Morgan fingerprint density at radius 3 is 2.33 bits per heavy atom. The molecule has 1 unspecified atom stereocenters. The second-order valence-electron chi connectivity index (χ2n) is 7.18. The highest BCUT2D eigenvalue weighted by atomic mass is 16.3. The molecule has 1 amide bonds. The first-order valence-electron chi connectivity index (χ1n) is 9.33. The Kier molecular flexibility index (Phi) is 5.72. The highest BCUT2D eigenvalue weighted by Gasteiger charge is 2.26. The van der Waals surface area contributed by atoms with Crippen molar-refractivity contribution in [3.05, 3.63) is 23.9 Å². The fraction of sp³-hybridized carbons (Fsp3) is 0.684. The van der Waals surface area contributed by atoms with Crippen molar-refractivity contribution in [2.45, 2.75) is 51.6 Å². The molecule has 2 aliphatic rings. The average molecular weight is 331 g/mol. The van der Waals surface area contributed by atoms with Crippen molar-refractivity contribution < 1.29 is 9.90 Å². The molecule has 24 heavy (non-hydrogen) atoms. The van der Waals surface area contributed by atoms with Crippen LogP contribution in [0.5, 0.6) is 0 Å². The van der Waals surface area contributed by atoms with Gasteiger partial charge in [-0.05, 0) is 50.7 Å². The van der Waals surface area contributed by atoms with Crippen molar-refractivity contribution in [1.82, 2.24) is 9.88 Å². The summed E-state index contributed by atoms with van der Waals surface area (Å²) in [6, 6.07) is 3.90. The Bertz CT molecular complexity index is 528. The number of likely N-dealkylation sites (tertiary alicyclic amines) is 1. The van der Waals surface area contributed by atoms with Gasteiger partial charge in [0.2, 0.25) is 0 Å². The first-order chi connectivity index (χ1) is 11.6. The van der Waals surface area contributed by atoms with Crippen molar-refractivity contribution in [3.8, 4) is 0 Å². The number of nitrogens with zero attached hydrogens (tertiary/aromatic N) is 3. The zero-order valence-electron chi connectivity index (χ0n) is 14.7. The van der Waals surface area contributed by atoms with Crippen LogP contribution in [0, 0.1) is 5.92 Å². The van der Waals surface area contributed by atoms with Crippen LogP contribution >= 0.6 is 0 Å². The maximum absolute atomic E-state index is 12.6. The van der Waals surface area contributed by atoms with E-state index in [0.717, 1.165) is 44.8 Å². The minimum Gasteiger partial charge on any atom is -0.393 e. The molecule has 1 N–H and O–H groups in total. The van der Waals surface area contributed by atoms with Crippen molar-refractivity contribution in [1.29, 1.82) is 0 Å². The fourth-order valence-corrected chi connectivity index (χ4v) is 3.77. The van der Waals surface area contributed by atoms with Gasteiger partial charge >= 0.3 is 0 Å². The van der Waals surface area contributed by atoms with Gasteiger partial charge in [0, 0.05) is 32.4 Å². The largest absolute Gasteiger partial charge is 0.393 e. The maximum atomic E-state index is 12.6. The van der Waals surface area contributed by atoms with E-state index in [1.165, 1.54) is 25.7 Å². The van der Waals surface area contributed by atoms with Crippen LogP contribution in [0.3, 0.4) is 0 Å². The van der Waals surface area contributed by atoms with Gasteiger partial charge in [-0.2, -0.15) is 0 Å². The van der Waals surface area contributed by atoms with E-state index < -0.39 is 0 Å². The zero-order valence-corrected chi connectivity index (χ0v) is 14.7. The van der Waals surface area contributed by atoms with Crippen LogP contribution in [-0.2, 0) is 0 Å². The predicted octanol–water partition coefficient (Wildman–Crippen LogP) is 2.70. The monoisotopic (exact) mass is 331 g/mol. The molecule has 3 rings (SSSR count). The summed E-state index contributed by atoms with van der Waals surface area (Å²) in [7, 11) is 0. The normalized spacial score (nSPS) is 21.4. The first kappa shape index (κ1) is 17.2. The summed E-state index contributed by atoms with van der Waals surface area (Å²) in [5, 5.41) is 9.68. The van der Waals surface area contributed by atoms with Gasteiger partial charge in [0.15, 0.2) is 0 Å². The molecule has 1 aromatic heterocycles. The van der Waals surface area contributed by atoms with E-state index in [9.17, 15) is 9.90 Å². The average Bonchev–Trinajstić information content (AvgIpc) is 2.91. The lowest BCUT2D eigenvalue weighted by molar-refractivity contribution is 0.0521. The Morgan fingerprint density at radius 1 is 1.12 bits per heavy atom. The number of aliphatic hydroxyl groups excluding tert-OH is 1. The van der Waals surface area contributed by atoms with Gasteiger partial charge in [-0.15, -0.1) is 0 Å². The van der Waals surface area contributed by atoms with Gasteiger partial charge in [0.05, 0.1) is 11.7 Å². The van der Waals surface area contributed by atoms with Gasteiger partial charge in [-0.3, -0.25) is 4.79 Å².